The molecule has 0 amide bonds. The average molecular weight is 470 g/mol. The zero-order valence-corrected chi connectivity index (χ0v) is 20.1. The highest BCUT2D eigenvalue weighted by Crippen LogP contribution is 2.42. The lowest BCUT2D eigenvalue weighted by molar-refractivity contribution is -0.142. The number of fused-ring (bicyclic) bond motifs is 1. The molecule has 0 saturated heterocycles. The van der Waals surface area contributed by atoms with Crippen molar-refractivity contribution in [2.45, 2.75) is 95.9 Å². The molecule has 2 N–H and O–H groups in total. The van der Waals surface area contributed by atoms with Gasteiger partial charge in [0.25, 0.3) is 0 Å². The molecule has 0 radical (unpaired) electrons. The number of carbonyl (C=O) groups is 1. The van der Waals surface area contributed by atoms with Gasteiger partial charge in [-0.25, -0.2) is 9.67 Å². The van der Waals surface area contributed by atoms with Gasteiger partial charge in [0.2, 0.25) is 0 Å². The van der Waals surface area contributed by atoms with Crippen molar-refractivity contribution in [2.24, 2.45) is 11.1 Å². The van der Waals surface area contributed by atoms with E-state index in [-0.39, 0.29) is 17.6 Å². The summed E-state index contributed by atoms with van der Waals surface area (Å²) in [5.74, 6) is -0.923. The van der Waals surface area contributed by atoms with Crippen LogP contribution >= 0.6 is 0 Å². The first-order valence-electron chi connectivity index (χ1n) is 12.7. The molecule has 2 fully saturated rings. The summed E-state index contributed by atoms with van der Waals surface area (Å²) in [6.45, 7) is 5.59. The molecular weight excluding hydrogens is 434 g/mol. The predicted molar refractivity (Wildman–Crippen MR) is 129 cm³/mol. The molecule has 9 heteroatoms. The monoisotopic (exact) mass is 469 g/mol. The minimum absolute atomic E-state index is 0.212. The Kier molecular flexibility index (Phi) is 6.46. The molecule has 0 atom stereocenters. The minimum atomic E-state index is -0.684. The molecule has 1 aliphatic heterocycles. The van der Waals surface area contributed by atoms with Crippen molar-refractivity contribution in [2.75, 3.05) is 11.9 Å². The topological polar surface area (TPSA) is 111 Å². The van der Waals surface area contributed by atoms with Crippen LogP contribution in [0.1, 0.15) is 77.2 Å². The smallest absolute Gasteiger partial charge is 0.306 e. The average Bonchev–Trinajstić information content (AvgIpc) is 3.46. The van der Waals surface area contributed by atoms with E-state index < -0.39 is 5.97 Å². The molecule has 2 aliphatic carbocycles. The van der Waals surface area contributed by atoms with E-state index in [9.17, 15) is 9.90 Å². The molecule has 2 aromatic rings. The van der Waals surface area contributed by atoms with Crippen LogP contribution in [-0.4, -0.2) is 55.9 Å². The van der Waals surface area contributed by atoms with Crippen molar-refractivity contribution in [1.82, 2.24) is 14.8 Å². The number of aryl methyl sites for hydroxylation is 1. The van der Waals surface area contributed by atoms with E-state index in [1.165, 1.54) is 0 Å². The highest BCUT2D eigenvalue weighted by molar-refractivity contribution is 6.10. The van der Waals surface area contributed by atoms with Gasteiger partial charge in [-0.3, -0.25) is 4.79 Å². The van der Waals surface area contributed by atoms with E-state index in [0.717, 1.165) is 86.1 Å². The molecule has 3 heterocycles. The maximum atomic E-state index is 11.4. The fourth-order valence-corrected chi connectivity index (χ4v) is 5.78. The number of aliphatic carboxylic acids is 1. The number of hydrogen-bond acceptors (Lipinski definition) is 7. The lowest BCUT2D eigenvalue weighted by Gasteiger charge is -2.34. The van der Waals surface area contributed by atoms with Gasteiger partial charge in [-0.15, -0.1) is 0 Å². The van der Waals surface area contributed by atoms with Crippen molar-refractivity contribution in [3.05, 3.63) is 18.0 Å². The van der Waals surface area contributed by atoms with Crippen LogP contribution in [0.4, 0.5) is 5.69 Å². The maximum Gasteiger partial charge on any atom is 0.306 e. The normalized spacial score (nSPS) is 29.2. The second-order valence-electron chi connectivity index (χ2n) is 9.92. The highest BCUT2D eigenvalue weighted by Gasteiger charge is 2.43. The number of rotatable bonds is 7. The SMILES string of the molecule is CCOC1CCC2(CC1)CC(c1cnc3c(cnn3CC)c1NC1CCC(C(=O)O)CC1)=NO2. The highest BCUT2D eigenvalue weighted by atomic mass is 16.7. The molecule has 2 saturated carbocycles. The van der Waals surface area contributed by atoms with Gasteiger partial charge in [0.1, 0.15) is 5.60 Å². The van der Waals surface area contributed by atoms with Crippen molar-refractivity contribution >= 4 is 28.4 Å². The van der Waals surface area contributed by atoms with E-state index >= 15 is 0 Å². The van der Waals surface area contributed by atoms with Gasteiger partial charge < -0.3 is 20.0 Å². The Morgan fingerprint density at radius 3 is 2.65 bits per heavy atom. The lowest BCUT2D eigenvalue weighted by atomic mass is 9.79. The Hall–Kier alpha value is -2.68. The minimum Gasteiger partial charge on any atom is -0.481 e. The van der Waals surface area contributed by atoms with Crippen molar-refractivity contribution in [3.63, 3.8) is 0 Å². The summed E-state index contributed by atoms with van der Waals surface area (Å²) in [5, 5.41) is 23.2. The molecule has 0 unspecified atom stereocenters. The van der Waals surface area contributed by atoms with Crippen LogP contribution in [0.25, 0.3) is 11.0 Å². The third-order valence-corrected chi connectivity index (χ3v) is 7.79. The zero-order valence-electron chi connectivity index (χ0n) is 20.1. The van der Waals surface area contributed by atoms with E-state index in [4.69, 9.17) is 14.6 Å². The Morgan fingerprint density at radius 2 is 1.97 bits per heavy atom. The summed E-state index contributed by atoms with van der Waals surface area (Å²) in [4.78, 5) is 22.2. The number of pyridine rings is 1. The number of oxime groups is 1. The fourth-order valence-electron chi connectivity index (χ4n) is 5.78. The third-order valence-electron chi connectivity index (χ3n) is 7.79. The van der Waals surface area contributed by atoms with Crippen molar-refractivity contribution < 1.29 is 19.5 Å². The van der Waals surface area contributed by atoms with Gasteiger partial charge in [-0.2, -0.15) is 5.10 Å². The number of hydrogen-bond donors (Lipinski definition) is 2. The Labute approximate surface area is 199 Å². The number of anilines is 1. The molecule has 0 bridgehead atoms. The van der Waals surface area contributed by atoms with E-state index in [2.05, 4.69) is 22.5 Å². The van der Waals surface area contributed by atoms with Gasteiger partial charge in [-0.1, -0.05) is 5.16 Å². The summed E-state index contributed by atoms with van der Waals surface area (Å²) < 4.78 is 7.72. The first-order chi connectivity index (χ1) is 16.5. The number of nitrogens with zero attached hydrogens (tertiary/aromatic N) is 4. The zero-order chi connectivity index (χ0) is 23.7. The molecule has 184 valence electrons. The van der Waals surface area contributed by atoms with Crippen LogP contribution in [-0.2, 0) is 20.9 Å². The van der Waals surface area contributed by atoms with Gasteiger partial charge in [-0.05, 0) is 65.2 Å². The van der Waals surface area contributed by atoms with Gasteiger partial charge >= 0.3 is 5.97 Å². The molecule has 2 aromatic heterocycles. The maximum absolute atomic E-state index is 11.4. The Morgan fingerprint density at radius 1 is 1.21 bits per heavy atom. The number of carboxylic acid groups (broad SMARTS) is 1. The van der Waals surface area contributed by atoms with Gasteiger partial charge in [0, 0.05) is 37.4 Å². The van der Waals surface area contributed by atoms with Crippen molar-refractivity contribution in [1.29, 1.82) is 0 Å². The summed E-state index contributed by atoms with van der Waals surface area (Å²) >= 11 is 0. The quantitative estimate of drug-likeness (QED) is 0.620. The van der Waals surface area contributed by atoms with E-state index in [1.54, 1.807) is 0 Å². The van der Waals surface area contributed by atoms with Gasteiger partial charge in [0.05, 0.1) is 35.0 Å². The lowest BCUT2D eigenvalue weighted by Crippen LogP contribution is -2.37. The first kappa shape index (κ1) is 23.1. The fraction of sp³-hybridized carbons (Fsp3) is 0.680. The summed E-state index contributed by atoms with van der Waals surface area (Å²) in [7, 11) is 0. The molecule has 3 aliphatic rings. The molecular formula is C25H35N5O4. The molecule has 5 rings (SSSR count). The van der Waals surface area contributed by atoms with Crippen LogP contribution < -0.4 is 5.32 Å². The largest absolute Gasteiger partial charge is 0.481 e. The second-order valence-corrected chi connectivity index (χ2v) is 9.92. The summed E-state index contributed by atoms with van der Waals surface area (Å²) in [6, 6.07) is 0.212. The first-order valence-corrected chi connectivity index (χ1v) is 12.7. The van der Waals surface area contributed by atoms with Crippen LogP contribution in [0.3, 0.4) is 0 Å². The molecule has 34 heavy (non-hydrogen) atoms. The standard InChI is InChI=1S/C25H35N5O4/c1-3-30-23-20(15-27-30)22(28-17-7-5-16(6-8-17)24(31)32)19(14-26-23)21-13-25(34-29-21)11-9-18(10-12-25)33-4-2/h14-18H,3-13H2,1-2H3,(H,26,28)(H,31,32). The predicted octanol–water partition coefficient (Wildman–Crippen LogP) is 4.35. The van der Waals surface area contributed by atoms with Crippen LogP contribution in [0.2, 0.25) is 0 Å². The van der Waals surface area contributed by atoms with E-state index in [0.29, 0.717) is 18.9 Å². The Bertz CT molecular complexity index is 1060. The van der Waals surface area contributed by atoms with Crippen LogP contribution in [0.15, 0.2) is 17.5 Å². The molecule has 9 nitrogen and oxygen atoms in total. The molecule has 1 spiro atoms. The third kappa shape index (κ3) is 4.37. The van der Waals surface area contributed by atoms with Crippen LogP contribution in [0.5, 0.6) is 0 Å². The van der Waals surface area contributed by atoms with Gasteiger partial charge in [0.15, 0.2) is 5.65 Å². The second kappa shape index (κ2) is 9.52. The van der Waals surface area contributed by atoms with Crippen LogP contribution in [0, 0.1) is 5.92 Å². The summed E-state index contributed by atoms with van der Waals surface area (Å²) in [6.07, 6.45) is 11.8. The Balaban J connectivity index is 1.39. The number of aromatic nitrogens is 3. The summed E-state index contributed by atoms with van der Waals surface area (Å²) in [5.41, 5.74) is 3.48. The van der Waals surface area contributed by atoms with Crippen molar-refractivity contribution in [3.8, 4) is 0 Å². The molecule has 0 aromatic carbocycles. The van der Waals surface area contributed by atoms with E-state index in [1.807, 2.05) is 24.0 Å². The number of carboxylic acids is 1. The number of nitrogens with one attached hydrogen (secondary N) is 1. The number of ether oxygens (including phenoxy) is 1.